The van der Waals surface area contributed by atoms with Crippen LogP contribution >= 0.6 is 0 Å². The highest BCUT2D eigenvalue weighted by Crippen LogP contribution is 2.21. The van der Waals surface area contributed by atoms with Crippen LogP contribution in [0, 0.1) is 5.92 Å². The largest absolute Gasteiger partial charge is 0.469 e. The molecule has 0 radical (unpaired) electrons. The van der Waals surface area contributed by atoms with E-state index in [0.29, 0.717) is 32.8 Å². The van der Waals surface area contributed by atoms with Gasteiger partial charge in [0.15, 0.2) is 0 Å². The summed E-state index contributed by atoms with van der Waals surface area (Å²) in [5.74, 6) is -0.623. The first kappa shape index (κ1) is 11.3. The third kappa shape index (κ3) is 2.17. The Morgan fingerprint density at radius 2 is 2.12 bits per heavy atom. The number of hydrogen-bond acceptors (Lipinski definition) is 5. The minimum atomic E-state index is -0.319. The summed E-state index contributed by atoms with van der Waals surface area (Å²) < 4.78 is 9.88. The van der Waals surface area contributed by atoms with Crippen LogP contribution in [0.1, 0.15) is 6.42 Å². The number of methoxy groups -OCH3 is 1. The van der Waals surface area contributed by atoms with Crippen molar-refractivity contribution in [3.63, 3.8) is 0 Å². The molecule has 2 aliphatic rings. The van der Waals surface area contributed by atoms with E-state index < -0.39 is 0 Å². The van der Waals surface area contributed by atoms with E-state index in [0.717, 1.165) is 0 Å². The molecule has 2 aliphatic heterocycles. The third-order valence-electron chi connectivity index (χ3n) is 2.97. The summed E-state index contributed by atoms with van der Waals surface area (Å²) in [5, 5.41) is 3.61. The highest BCUT2D eigenvalue weighted by Gasteiger charge is 2.38. The normalized spacial score (nSPS) is 27.2. The van der Waals surface area contributed by atoms with Crippen molar-refractivity contribution in [1.82, 2.24) is 10.0 Å². The van der Waals surface area contributed by atoms with Gasteiger partial charge in [0.2, 0.25) is 5.91 Å². The van der Waals surface area contributed by atoms with Gasteiger partial charge < -0.3 is 9.47 Å². The van der Waals surface area contributed by atoms with Gasteiger partial charge in [0.1, 0.15) is 0 Å². The summed E-state index contributed by atoms with van der Waals surface area (Å²) in [6.07, 6.45) is 0.254. The minimum Gasteiger partial charge on any atom is -0.469 e. The van der Waals surface area contributed by atoms with Crippen LogP contribution in [0.2, 0.25) is 0 Å². The second-order valence-electron chi connectivity index (χ2n) is 3.97. The van der Waals surface area contributed by atoms with E-state index in [4.69, 9.17) is 4.74 Å². The summed E-state index contributed by atoms with van der Waals surface area (Å²) in [7, 11) is 1.35. The zero-order valence-corrected chi connectivity index (χ0v) is 9.35. The number of carbonyl (C=O) groups excluding carboxylic acids is 2. The van der Waals surface area contributed by atoms with Crippen LogP contribution in [0.25, 0.3) is 0 Å². The Kier molecular flexibility index (Phi) is 3.40. The summed E-state index contributed by atoms with van der Waals surface area (Å²) in [6.45, 7) is 3.12. The highest BCUT2D eigenvalue weighted by atomic mass is 16.5. The Hall–Kier alpha value is -1.14. The Morgan fingerprint density at radius 3 is 2.75 bits per heavy atom. The fourth-order valence-electron chi connectivity index (χ4n) is 2.08. The molecular formula is C10H16N2O4. The van der Waals surface area contributed by atoms with Crippen LogP contribution in [-0.2, 0) is 19.1 Å². The van der Waals surface area contributed by atoms with Crippen molar-refractivity contribution in [2.45, 2.75) is 6.42 Å². The lowest BCUT2D eigenvalue weighted by atomic mass is 10.1. The van der Waals surface area contributed by atoms with Gasteiger partial charge in [-0.25, -0.2) is 5.01 Å². The first-order chi connectivity index (χ1) is 7.72. The molecule has 6 heteroatoms. The quantitative estimate of drug-likeness (QED) is 0.582. The first-order valence-corrected chi connectivity index (χ1v) is 5.43. The van der Waals surface area contributed by atoms with Gasteiger partial charge in [0.05, 0.1) is 32.8 Å². The van der Waals surface area contributed by atoms with E-state index in [2.05, 4.69) is 4.74 Å². The molecule has 1 atom stereocenters. The van der Waals surface area contributed by atoms with Gasteiger partial charge in [-0.05, 0) is 0 Å². The summed E-state index contributed by atoms with van der Waals surface area (Å²) >= 11 is 0. The molecule has 0 aromatic heterocycles. The number of esters is 1. The molecule has 0 N–H and O–H groups in total. The van der Waals surface area contributed by atoms with Crippen molar-refractivity contribution in [1.29, 1.82) is 0 Å². The molecule has 1 unspecified atom stereocenters. The van der Waals surface area contributed by atoms with Crippen molar-refractivity contribution in [3.05, 3.63) is 0 Å². The Labute approximate surface area is 94.1 Å². The molecule has 90 valence electrons. The maximum absolute atomic E-state index is 11.7. The van der Waals surface area contributed by atoms with E-state index in [-0.39, 0.29) is 24.2 Å². The Bertz CT molecular complexity index is 289. The van der Waals surface area contributed by atoms with Gasteiger partial charge in [-0.2, -0.15) is 0 Å². The predicted octanol–water partition coefficient (Wildman–Crippen LogP) is -0.745. The number of carbonyl (C=O) groups is 2. The minimum absolute atomic E-state index is 0.00250. The smallest absolute Gasteiger partial charge is 0.311 e. The molecule has 2 fully saturated rings. The fourth-order valence-corrected chi connectivity index (χ4v) is 2.08. The molecule has 2 heterocycles. The molecule has 0 saturated carbocycles. The number of morpholine rings is 1. The summed E-state index contributed by atoms with van der Waals surface area (Å²) in [5.41, 5.74) is 0. The number of ether oxygens (including phenoxy) is 2. The maximum Gasteiger partial charge on any atom is 0.311 e. The van der Waals surface area contributed by atoms with Crippen molar-refractivity contribution >= 4 is 11.9 Å². The second-order valence-corrected chi connectivity index (χ2v) is 3.97. The summed E-state index contributed by atoms with van der Waals surface area (Å²) in [6, 6.07) is 0. The topological polar surface area (TPSA) is 59.1 Å². The predicted molar refractivity (Wildman–Crippen MR) is 54.2 cm³/mol. The van der Waals surface area contributed by atoms with Crippen molar-refractivity contribution < 1.29 is 19.1 Å². The lowest BCUT2D eigenvalue weighted by Crippen LogP contribution is -2.49. The molecular weight excluding hydrogens is 212 g/mol. The van der Waals surface area contributed by atoms with Crippen molar-refractivity contribution in [2.75, 3.05) is 40.0 Å². The molecule has 0 aliphatic carbocycles. The molecule has 1 amide bonds. The molecule has 0 aromatic carbocycles. The number of hydrogen-bond donors (Lipinski definition) is 0. The Morgan fingerprint density at radius 1 is 1.44 bits per heavy atom. The third-order valence-corrected chi connectivity index (χ3v) is 2.97. The van der Waals surface area contributed by atoms with E-state index in [9.17, 15) is 9.59 Å². The molecule has 2 saturated heterocycles. The van der Waals surface area contributed by atoms with Crippen LogP contribution in [0.4, 0.5) is 0 Å². The number of amides is 1. The van der Waals surface area contributed by atoms with Crippen molar-refractivity contribution in [2.24, 2.45) is 5.92 Å². The fraction of sp³-hybridized carbons (Fsp3) is 0.800. The van der Waals surface area contributed by atoms with Crippen LogP contribution < -0.4 is 0 Å². The molecule has 0 bridgehead atoms. The van der Waals surface area contributed by atoms with Gasteiger partial charge in [-0.15, -0.1) is 0 Å². The highest BCUT2D eigenvalue weighted by molar-refractivity contribution is 5.86. The average molecular weight is 228 g/mol. The van der Waals surface area contributed by atoms with Crippen LogP contribution in [-0.4, -0.2) is 61.9 Å². The lowest BCUT2D eigenvalue weighted by molar-refractivity contribution is -0.150. The van der Waals surface area contributed by atoms with E-state index >= 15 is 0 Å². The monoisotopic (exact) mass is 228 g/mol. The van der Waals surface area contributed by atoms with Crippen LogP contribution in [0.3, 0.4) is 0 Å². The zero-order valence-electron chi connectivity index (χ0n) is 9.35. The Balaban J connectivity index is 1.96. The first-order valence-electron chi connectivity index (χ1n) is 5.43. The lowest BCUT2D eigenvalue weighted by Gasteiger charge is -2.34. The second kappa shape index (κ2) is 4.80. The van der Waals surface area contributed by atoms with Crippen LogP contribution in [0.15, 0.2) is 0 Å². The SMILES string of the molecule is COC(=O)C1CC(=O)N(N2CCOCC2)C1. The van der Waals surface area contributed by atoms with E-state index in [1.165, 1.54) is 7.11 Å². The molecule has 16 heavy (non-hydrogen) atoms. The standard InChI is InChI=1S/C10H16N2O4/c1-15-10(14)8-6-9(13)12(7-8)11-2-4-16-5-3-11/h8H,2-7H2,1H3. The van der Waals surface area contributed by atoms with Gasteiger partial charge >= 0.3 is 5.97 Å². The number of rotatable bonds is 2. The van der Waals surface area contributed by atoms with Gasteiger partial charge in [-0.3, -0.25) is 14.6 Å². The van der Waals surface area contributed by atoms with E-state index in [1.807, 2.05) is 5.01 Å². The van der Waals surface area contributed by atoms with Gasteiger partial charge in [0, 0.05) is 19.5 Å². The molecule has 2 rings (SSSR count). The van der Waals surface area contributed by atoms with E-state index in [1.54, 1.807) is 5.01 Å². The maximum atomic E-state index is 11.7. The average Bonchev–Trinajstić information content (AvgIpc) is 2.71. The number of nitrogens with zero attached hydrogens (tertiary/aromatic N) is 2. The molecule has 0 spiro atoms. The summed E-state index contributed by atoms with van der Waals surface area (Å²) in [4.78, 5) is 23.1. The van der Waals surface area contributed by atoms with Gasteiger partial charge in [0.25, 0.3) is 0 Å². The zero-order chi connectivity index (χ0) is 11.5. The van der Waals surface area contributed by atoms with Crippen molar-refractivity contribution in [3.8, 4) is 0 Å². The molecule has 6 nitrogen and oxygen atoms in total. The van der Waals surface area contributed by atoms with Gasteiger partial charge in [-0.1, -0.05) is 0 Å². The van der Waals surface area contributed by atoms with Crippen LogP contribution in [0.5, 0.6) is 0 Å². The molecule has 0 aromatic rings. The number of hydrazine groups is 1.